The van der Waals surface area contributed by atoms with Crippen LogP contribution in [0.5, 0.6) is 0 Å². The van der Waals surface area contributed by atoms with Crippen molar-refractivity contribution in [2.75, 3.05) is 18.9 Å². The highest BCUT2D eigenvalue weighted by molar-refractivity contribution is 7.40. The minimum Gasteiger partial charge on any atom is -0.392 e. The first-order valence-electron chi connectivity index (χ1n) is 19.2. The summed E-state index contributed by atoms with van der Waals surface area (Å²) in [5.74, 6) is -0.0561. The smallest absolute Gasteiger partial charge is 0.389 e. The molecule has 3 unspecified atom stereocenters. The van der Waals surface area contributed by atoms with Crippen LogP contribution in [0.2, 0.25) is 0 Å². The van der Waals surface area contributed by atoms with E-state index in [0.717, 1.165) is 62.2 Å². The second kappa shape index (κ2) is 28.0. The Bertz CT molecular complexity index is 1540. The largest absolute Gasteiger partial charge is 0.392 e. The normalized spacial score (nSPS) is 15.8. The molecule has 16 heteroatoms. The van der Waals surface area contributed by atoms with Gasteiger partial charge in [0.1, 0.15) is 23.8 Å². The predicted molar refractivity (Wildman–Crippen MR) is 204 cm³/mol. The summed E-state index contributed by atoms with van der Waals surface area (Å²) in [7, 11) is -1.90. The van der Waals surface area contributed by atoms with Crippen molar-refractivity contribution < 1.29 is 41.3 Å². The molecular formula is C39H57F4N6O5P. The Morgan fingerprint density at radius 3 is 2.04 bits per heavy atom. The number of aromatic nitrogens is 3. The number of nitrogens with zero attached hydrogens (tertiary/aromatic N) is 5. The van der Waals surface area contributed by atoms with Gasteiger partial charge < -0.3 is 29.5 Å². The zero-order valence-corrected chi connectivity index (χ0v) is 32.5. The van der Waals surface area contributed by atoms with Crippen molar-refractivity contribution in [1.82, 2.24) is 14.6 Å². The average Bonchev–Trinajstić information content (AvgIpc) is 3.83. The number of aliphatic hydroxyl groups is 1. The lowest BCUT2D eigenvalue weighted by molar-refractivity contribution is -0.135. The lowest BCUT2D eigenvalue weighted by atomic mass is 10.0. The fourth-order valence-electron chi connectivity index (χ4n) is 6.30. The molecule has 55 heavy (non-hydrogen) atoms. The highest BCUT2D eigenvalue weighted by Gasteiger charge is 2.30. The topological polar surface area (TPSA) is 172 Å². The summed E-state index contributed by atoms with van der Waals surface area (Å²) >= 11 is 0. The quantitative estimate of drug-likeness (QED) is 0.0450. The van der Waals surface area contributed by atoms with Crippen LogP contribution in [-0.4, -0.2) is 50.1 Å². The Hall–Kier alpha value is -3.43. The van der Waals surface area contributed by atoms with Crippen LogP contribution in [0.4, 0.5) is 23.4 Å². The van der Waals surface area contributed by atoms with E-state index in [2.05, 4.69) is 16.7 Å². The molecule has 1 aliphatic heterocycles. The molecule has 0 spiro atoms. The molecule has 0 amide bonds. The molecule has 4 rings (SSSR count). The molecule has 1 aromatic carbocycles. The summed E-state index contributed by atoms with van der Waals surface area (Å²) in [6, 6.07) is 9.41. The van der Waals surface area contributed by atoms with Crippen molar-refractivity contribution >= 4 is 19.9 Å². The Morgan fingerprint density at radius 2 is 1.47 bits per heavy atom. The van der Waals surface area contributed by atoms with Crippen LogP contribution in [0, 0.1) is 29.0 Å². The number of unbranched alkanes of at least 4 members (excludes halogenated alkanes) is 15. The van der Waals surface area contributed by atoms with E-state index in [0.29, 0.717) is 31.0 Å². The SMILES string of the molecule is C#N.N#Cc1cc(F)cc(CO)c1.Nc1ncnn2c(C3CCC(COP(O)OCCCCCCCCCCCCCCCCCCC(F)(F)F)O3)ccc12. The zero-order valence-electron chi connectivity index (χ0n) is 31.6. The lowest BCUT2D eigenvalue weighted by Gasteiger charge is -2.16. The third-order valence-corrected chi connectivity index (χ3v) is 9.92. The van der Waals surface area contributed by atoms with E-state index in [-0.39, 0.29) is 30.8 Å². The maximum absolute atomic E-state index is 12.5. The molecule has 3 atom stereocenters. The van der Waals surface area contributed by atoms with Gasteiger partial charge >= 0.3 is 14.8 Å². The van der Waals surface area contributed by atoms with Gasteiger partial charge in [0.25, 0.3) is 0 Å². The molecule has 3 heterocycles. The number of nitrogen functional groups attached to an aromatic ring is 1. The van der Waals surface area contributed by atoms with E-state index in [1.54, 1.807) is 10.6 Å². The molecule has 0 radical (unpaired) electrons. The molecule has 1 saturated heterocycles. The average molecular weight is 797 g/mol. The number of anilines is 1. The molecular weight excluding hydrogens is 739 g/mol. The van der Waals surface area contributed by atoms with Crippen LogP contribution < -0.4 is 5.73 Å². The number of ether oxygens (including phenoxy) is 1. The summed E-state index contributed by atoms with van der Waals surface area (Å²) < 4.78 is 67.7. The second-order valence-corrected chi connectivity index (χ2v) is 14.5. The van der Waals surface area contributed by atoms with Crippen molar-refractivity contribution in [1.29, 1.82) is 10.5 Å². The number of hydrogen-bond acceptors (Lipinski definition) is 10. The number of rotatable bonds is 24. The molecule has 1 aliphatic rings. The maximum Gasteiger partial charge on any atom is 0.389 e. The van der Waals surface area contributed by atoms with Crippen LogP contribution in [0.1, 0.15) is 145 Å². The minimum absolute atomic E-state index is 0.0993. The van der Waals surface area contributed by atoms with E-state index < -0.39 is 27.0 Å². The Kier molecular flexibility index (Phi) is 24.3. The summed E-state index contributed by atoms with van der Waals surface area (Å²) in [6.45, 7) is 4.06. The van der Waals surface area contributed by atoms with Crippen molar-refractivity contribution in [2.45, 2.75) is 147 Å². The summed E-state index contributed by atoms with van der Waals surface area (Å²) in [6.07, 6.45) is 15.6. The van der Waals surface area contributed by atoms with Gasteiger partial charge in [0.2, 0.25) is 0 Å². The van der Waals surface area contributed by atoms with Crippen molar-refractivity contribution in [3.8, 4) is 12.6 Å². The number of hydrogen-bond donors (Lipinski definition) is 3. The predicted octanol–water partition coefficient (Wildman–Crippen LogP) is 10.3. The fourth-order valence-corrected chi connectivity index (χ4v) is 6.95. The Balaban J connectivity index is 0.000000682. The number of nitriles is 2. The van der Waals surface area contributed by atoms with E-state index >= 15 is 0 Å². The Labute approximate surface area is 323 Å². The second-order valence-electron chi connectivity index (χ2n) is 13.5. The van der Waals surface area contributed by atoms with E-state index in [1.807, 2.05) is 12.1 Å². The van der Waals surface area contributed by atoms with Crippen LogP contribution in [0.15, 0.2) is 36.7 Å². The van der Waals surface area contributed by atoms with E-state index in [4.69, 9.17) is 35.1 Å². The highest BCUT2D eigenvalue weighted by atomic mass is 31.2. The van der Waals surface area contributed by atoms with Crippen molar-refractivity contribution in [2.24, 2.45) is 0 Å². The number of fused-ring (bicyclic) bond motifs is 1. The van der Waals surface area contributed by atoms with Crippen molar-refractivity contribution in [3.63, 3.8) is 0 Å². The van der Waals surface area contributed by atoms with Gasteiger partial charge in [-0.2, -0.15) is 23.5 Å². The summed E-state index contributed by atoms with van der Waals surface area (Å²) in [5, 5.41) is 27.8. The number of halogens is 4. The first kappa shape index (κ1) is 47.7. The molecule has 3 aromatic rings. The Morgan fingerprint density at radius 1 is 0.891 bits per heavy atom. The maximum atomic E-state index is 12.5. The highest BCUT2D eigenvalue weighted by Crippen LogP contribution is 2.38. The van der Waals surface area contributed by atoms with Gasteiger partial charge in [0.05, 0.1) is 43.3 Å². The first-order chi connectivity index (χ1) is 26.6. The van der Waals surface area contributed by atoms with E-state index in [1.165, 1.54) is 76.2 Å². The first-order valence-corrected chi connectivity index (χ1v) is 20.3. The third-order valence-electron chi connectivity index (χ3n) is 9.14. The lowest BCUT2D eigenvalue weighted by Crippen LogP contribution is -2.14. The number of alkyl halides is 3. The van der Waals surface area contributed by atoms with Crippen LogP contribution in [0.3, 0.4) is 0 Å². The van der Waals surface area contributed by atoms with Gasteiger partial charge in [0.15, 0.2) is 5.82 Å². The molecule has 0 saturated carbocycles. The van der Waals surface area contributed by atoms with E-state index in [9.17, 15) is 22.5 Å². The standard InChI is InChI=1S/C30H50F3N4O4P.C8H6FNO.CHN/c31-30(32,33)21-15-13-11-9-7-5-3-1-2-4-6-8-10-12-14-16-22-39-42(38)40-23-25-17-20-28(41-25)26-18-19-27-29(34)35-24-36-37(26)27;9-8-2-6(4-10)1-7(3-8)5-11;1-2/h18-19,24-25,28,38H,1-17,20-23H2,(H2,34,35,36);1-3,11H,5H2;1H. The fraction of sp³-hybridized carbons (Fsp3) is 0.641. The molecule has 306 valence electrons. The number of aliphatic hydroxyl groups excluding tert-OH is 1. The number of nitrogens with two attached hydrogens (primary N) is 1. The molecule has 4 N–H and O–H groups in total. The van der Waals surface area contributed by atoms with Gasteiger partial charge in [-0.1, -0.05) is 89.9 Å². The summed E-state index contributed by atoms with van der Waals surface area (Å²) in [4.78, 5) is 14.1. The van der Waals surface area contributed by atoms with Gasteiger partial charge in [-0.15, -0.1) is 0 Å². The van der Waals surface area contributed by atoms with Gasteiger partial charge in [-0.25, -0.2) is 19.2 Å². The minimum atomic E-state index is -4.00. The van der Waals surface area contributed by atoms with Crippen LogP contribution >= 0.6 is 8.60 Å². The summed E-state index contributed by atoms with van der Waals surface area (Å²) in [5.41, 5.74) is 8.27. The molecule has 0 aliphatic carbocycles. The third kappa shape index (κ3) is 20.3. The molecule has 0 bridgehead atoms. The van der Waals surface area contributed by atoms with Gasteiger partial charge in [-0.05, 0) is 61.6 Å². The molecule has 1 fully saturated rings. The van der Waals surface area contributed by atoms with Crippen molar-refractivity contribution in [3.05, 3.63) is 59.3 Å². The zero-order chi connectivity index (χ0) is 40.3. The van der Waals surface area contributed by atoms with Crippen LogP contribution in [-0.2, 0) is 20.4 Å². The monoisotopic (exact) mass is 796 g/mol. The molecule has 2 aromatic heterocycles. The van der Waals surface area contributed by atoms with Gasteiger partial charge in [-0.3, -0.25) is 0 Å². The number of benzene rings is 1. The van der Waals surface area contributed by atoms with Gasteiger partial charge in [0, 0.05) is 13.0 Å². The van der Waals surface area contributed by atoms with Crippen LogP contribution in [0.25, 0.3) is 5.52 Å². The molecule has 11 nitrogen and oxygen atoms in total.